The van der Waals surface area contributed by atoms with Gasteiger partial charge in [-0.3, -0.25) is 0 Å². The van der Waals surface area contributed by atoms with Crippen molar-refractivity contribution in [1.29, 1.82) is 0 Å². The predicted molar refractivity (Wildman–Crippen MR) is 60.4 cm³/mol. The summed E-state index contributed by atoms with van der Waals surface area (Å²) in [6.45, 7) is 2.33. The Morgan fingerprint density at radius 2 is 2.12 bits per heavy atom. The lowest BCUT2D eigenvalue weighted by Crippen LogP contribution is -2.27. The Morgan fingerprint density at radius 3 is 2.59 bits per heavy atom. The summed E-state index contributed by atoms with van der Waals surface area (Å²) in [5.41, 5.74) is 0. The summed E-state index contributed by atoms with van der Waals surface area (Å²) >= 11 is 0. The van der Waals surface area contributed by atoms with Crippen LogP contribution in [0.5, 0.6) is 0 Å². The van der Waals surface area contributed by atoms with Crippen LogP contribution in [0.2, 0.25) is 0 Å². The molecule has 1 rings (SSSR count). The van der Waals surface area contributed by atoms with E-state index in [0.29, 0.717) is 6.54 Å². The molecule has 1 aromatic rings. The molecular formula is C10H15NO5S. The van der Waals surface area contributed by atoms with E-state index in [9.17, 15) is 13.2 Å². The SMILES string of the molecule is CCCCN(C)S(=O)(=O)c1ccc(C(=O)O)o1. The van der Waals surface area contributed by atoms with E-state index in [1.807, 2.05) is 6.92 Å². The molecule has 0 atom stereocenters. The van der Waals surface area contributed by atoms with E-state index in [4.69, 9.17) is 9.52 Å². The lowest BCUT2D eigenvalue weighted by Gasteiger charge is -2.14. The van der Waals surface area contributed by atoms with Crippen LogP contribution in [0.15, 0.2) is 21.6 Å². The molecule has 0 bridgehead atoms. The Morgan fingerprint density at radius 1 is 1.47 bits per heavy atom. The minimum absolute atomic E-state index is 0.339. The molecule has 0 aliphatic heterocycles. The Kier molecular flexibility index (Phi) is 4.30. The lowest BCUT2D eigenvalue weighted by atomic mass is 10.3. The number of aromatic carboxylic acids is 1. The van der Waals surface area contributed by atoms with Gasteiger partial charge in [0.15, 0.2) is 0 Å². The molecule has 0 aliphatic carbocycles. The van der Waals surface area contributed by atoms with Crippen molar-refractivity contribution in [2.45, 2.75) is 24.9 Å². The minimum atomic E-state index is -3.72. The molecule has 0 aliphatic rings. The first-order chi connectivity index (χ1) is 7.89. The van der Waals surface area contributed by atoms with Gasteiger partial charge >= 0.3 is 5.97 Å². The van der Waals surface area contributed by atoms with Gasteiger partial charge in [-0.1, -0.05) is 13.3 Å². The summed E-state index contributed by atoms with van der Waals surface area (Å²) in [6.07, 6.45) is 1.61. The van der Waals surface area contributed by atoms with E-state index in [-0.39, 0.29) is 10.9 Å². The molecule has 7 heteroatoms. The second kappa shape index (κ2) is 5.33. The first kappa shape index (κ1) is 13.7. The maximum absolute atomic E-state index is 11.9. The third-order valence-electron chi connectivity index (χ3n) is 2.28. The zero-order valence-electron chi connectivity index (χ0n) is 9.71. The van der Waals surface area contributed by atoms with Gasteiger partial charge in [-0.25, -0.2) is 13.2 Å². The van der Waals surface area contributed by atoms with Gasteiger partial charge in [0.1, 0.15) is 0 Å². The van der Waals surface area contributed by atoms with Crippen molar-refractivity contribution in [2.75, 3.05) is 13.6 Å². The summed E-state index contributed by atoms with van der Waals surface area (Å²) in [5, 5.41) is 8.30. The van der Waals surface area contributed by atoms with Crippen LogP contribution in [0, 0.1) is 0 Å². The summed E-state index contributed by atoms with van der Waals surface area (Å²) in [7, 11) is -2.28. The Bertz CT molecular complexity index is 491. The zero-order valence-corrected chi connectivity index (χ0v) is 10.5. The van der Waals surface area contributed by atoms with Crippen molar-refractivity contribution in [1.82, 2.24) is 4.31 Å². The molecule has 0 fully saturated rings. The standard InChI is InChI=1S/C10H15NO5S/c1-3-4-7-11(2)17(14,15)9-6-5-8(16-9)10(12)13/h5-6H,3-4,7H2,1-2H3,(H,12,13). The van der Waals surface area contributed by atoms with Crippen LogP contribution >= 0.6 is 0 Å². The number of furan rings is 1. The quantitative estimate of drug-likeness (QED) is 0.836. The van der Waals surface area contributed by atoms with Crippen molar-refractivity contribution in [3.8, 4) is 0 Å². The average Bonchev–Trinajstić information content (AvgIpc) is 2.75. The van der Waals surface area contributed by atoms with E-state index in [1.165, 1.54) is 7.05 Å². The monoisotopic (exact) mass is 261 g/mol. The van der Waals surface area contributed by atoms with Crippen LogP contribution in [0.3, 0.4) is 0 Å². The molecule has 96 valence electrons. The van der Waals surface area contributed by atoms with E-state index in [1.54, 1.807) is 0 Å². The van der Waals surface area contributed by atoms with Crippen LogP contribution in [0.1, 0.15) is 30.3 Å². The zero-order chi connectivity index (χ0) is 13.1. The van der Waals surface area contributed by atoms with Gasteiger partial charge < -0.3 is 9.52 Å². The molecule has 0 spiro atoms. The van der Waals surface area contributed by atoms with Gasteiger partial charge in [-0.15, -0.1) is 0 Å². The predicted octanol–water partition coefficient (Wildman–Crippen LogP) is 1.40. The van der Waals surface area contributed by atoms with Gasteiger partial charge in [0.25, 0.3) is 10.0 Å². The van der Waals surface area contributed by atoms with E-state index in [0.717, 1.165) is 29.3 Å². The fourth-order valence-corrected chi connectivity index (χ4v) is 2.34. The van der Waals surface area contributed by atoms with Gasteiger partial charge in [0.2, 0.25) is 10.9 Å². The fraction of sp³-hybridized carbons (Fsp3) is 0.500. The smallest absolute Gasteiger partial charge is 0.371 e. The van der Waals surface area contributed by atoms with Gasteiger partial charge in [-0.2, -0.15) is 4.31 Å². The number of carbonyl (C=O) groups is 1. The van der Waals surface area contributed by atoms with E-state index < -0.39 is 16.0 Å². The topological polar surface area (TPSA) is 87.8 Å². The first-order valence-electron chi connectivity index (χ1n) is 5.19. The molecule has 0 saturated heterocycles. The number of carboxylic acids is 1. The lowest BCUT2D eigenvalue weighted by molar-refractivity contribution is 0.0656. The number of unbranched alkanes of at least 4 members (excludes halogenated alkanes) is 1. The van der Waals surface area contributed by atoms with Crippen molar-refractivity contribution >= 4 is 16.0 Å². The van der Waals surface area contributed by atoms with Gasteiger partial charge in [0.05, 0.1) is 0 Å². The number of rotatable bonds is 6. The Hall–Kier alpha value is -1.34. The van der Waals surface area contributed by atoms with Crippen LogP contribution in [0.4, 0.5) is 0 Å². The molecule has 1 N–H and O–H groups in total. The molecule has 6 nitrogen and oxygen atoms in total. The molecule has 17 heavy (non-hydrogen) atoms. The summed E-state index contributed by atoms with van der Waals surface area (Å²) in [4.78, 5) is 10.6. The van der Waals surface area contributed by atoms with Crippen molar-refractivity contribution in [3.63, 3.8) is 0 Å². The molecule has 0 saturated carbocycles. The number of sulfonamides is 1. The van der Waals surface area contributed by atoms with Gasteiger partial charge in [-0.05, 0) is 18.6 Å². The number of nitrogens with zero attached hydrogens (tertiary/aromatic N) is 1. The number of carboxylic acid groups (broad SMARTS) is 1. The average molecular weight is 261 g/mol. The maximum atomic E-state index is 11.9. The second-order valence-electron chi connectivity index (χ2n) is 3.60. The van der Waals surface area contributed by atoms with Crippen LogP contribution in [-0.2, 0) is 10.0 Å². The summed E-state index contributed by atoms with van der Waals surface area (Å²) in [5.74, 6) is -1.67. The highest BCUT2D eigenvalue weighted by atomic mass is 32.2. The molecule has 0 radical (unpaired) electrons. The molecule has 0 aromatic carbocycles. The fourth-order valence-electron chi connectivity index (χ4n) is 1.23. The summed E-state index contributed by atoms with van der Waals surface area (Å²) in [6, 6.07) is 2.28. The van der Waals surface area contributed by atoms with Crippen molar-refractivity contribution in [2.24, 2.45) is 0 Å². The molecule has 1 aromatic heterocycles. The van der Waals surface area contributed by atoms with Crippen molar-refractivity contribution < 1.29 is 22.7 Å². The highest BCUT2D eigenvalue weighted by Gasteiger charge is 2.25. The van der Waals surface area contributed by atoms with Crippen LogP contribution in [0.25, 0.3) is 0 Å². The molecular weight excluding hydrogens is 246 g/mol. The number of hydrogen-bond donors (Lipinski definition) is 1. The Balaban J connectivity index is 2.92. The van der Waals surface area contributed by atoms with E-state index in [2.05, 4.69) is 0 Å². The summed E-state index contributed by atoms with van der Waals surface area (Å²) < 4.78 is 29.8. The highest BCUT2D eigenvalue weighted by Crippen LogP contribution is 2.18. The first-order valence-corrected chi connectivity index (χ1v) is 6.63. The van der Waals surface area contributed by atoms with Gasteiger partial charge in [0, 0.05) is 13.6 Å². The molecule has 1 heterocycles. The maximum Gasteiger partial charge on any atom is 0.371 e. The third kappa shape index (κ3) is 3.07. The highest BCUT2D eigenvalue weighted by molar-refractivity contribution is 7.89. The third-order valence-corrected chi connectivity index (χ3v) is 4.01. The normalized spacial score (nSPS) is 11.9. The van der Waals surface area contributed by atoms with Crippen molar-refractivity contribution in [3.05, 3.63) is 17.9 Å². The van der Waals surface area contributed by atoms with E-state index >= 15 is 0 Å². The second-order valence-corrected chi connectivity index (χ2v) is 5.58. The Labute approximate surface area is 99.9 Å². The largest absolute Gasteiger partial charge is 0.475 e. The van der Waals surface area contributed by atoms with Crippen LogP contribution in [-0.4, -0.2) is 37.4 Å². The molecule has 0 unspecified atom stereocenters. The van der Waals surface area contributed by atoms with Crippen LogP contribution < -0.4 is 0 Å². The molecule has 0 amide bonds. The minimum Gasteiger partial charge on any atom is -0.475 e. The number of hydrogen-bond acceptors (Lipinski definition) is 4.